The third-order valence-electron chi connectivity index (χ3n) is 2.77. The molecule has 0 spiro atoms. The van der Waals surface area contributed by atoms with Crippen LogP contribution in [0, 0.1) is 0 Å². The summed E-state index contributed by atoms with van der Waals surface area (Å²) in [6, 6.07) is 3.30. The van der Waals surface area contributed by atoms with E-state index in [0.717, 1.165) is 19.4 Å². The van der Waals surface area contributed by atoms with Crippen LogP contribution in [-0.4, -0.2) is 35.4 Å². The smallest absolute Gasteiger partial charge is 0.475 e. The van der Waals surface area contributed by atoms with Crippen molar-refractivity contribution in [3.8, 4) is 0 Å². The molecule has 10 heteroatoms. The van der Waals surface area contributed by atoms with Crippen LogP contribution in [0.4, 0.5) is 18.9 Å². The molecule has 5 nitrogen and oxygen atoms in total. The molecular weight excluding hydrogens is 372 g/mol. The van der Waals surface area contributed by atoms with Crippen LogP contribution in [0.3, 0.4) is 0 Å². The number of benzene rings is 1. The minimum atomic E-state index is -5.08. The van der Waals surface area contributed by atoms with E-state index >= 15 is 0 Å². The average molecular weight is 391 g/mol. The highest BCUT2D eigenvalue weighted by Crippen LogP contribution is 2.31. The minimum absolute atomic E-state index is 0.350. The molecule has 1 aromatic carbocycles. The fourth-order valence-electron chi connectivity index (χ4n) is 1.45. The fraction of sp³-hybridized carbons (Fsp3) is 0.500. The lowest BCUT2D eigenvalue weighted by atomic mass is 10.1. The molecule has 0 saturated heterocycles. The monoisotopic (exact) mass is 390 g/mol. The van der Waals surface area contributed by atoms with Crippen LogP contribution in [0.15, 0.2) is 12.1 Å². The highest BCUT2D eigenvalue weighted by atomic mass is 35.5. The maximum absolute atomic E-state index is 10.6. The molecule has 5 N–H and O–H groups in total. The Labute approximate surface area is 147 Å². The van der Waals surface area contributed by atoms with E-state index < -0.39 is 18.2 Å². The van der Waals surface area contributed by atoms with Crippen LogP contribution in [0.25, 0.3) is 0 Å². The van der Waals surface area contributed by atoms with Gasteiger partial charge in [0.05, 0.1) is 21.8 Å². The van der Waals surface area contributed by atoms with E-state index in [9.17, 15) is 18.3 Å². The third kappa shape index (κ3) is 8.58. The van der Waals surface area contributed by atoms with Gasteiger partial charge in [-0.15, -0.1) is 0 Å². The van der Waals surface area contributed by atoms with Gasteiger partial charge in [0, 0.05) is 6.54 Å². The van der Waals surface area contributed by atoms with Crippen molar-refractivity contribution in [2.24, 2.45) is 0 Å². The van der Waals surface area contributed by atoms with E-state index in [4.69, 9.17) is 38.8 Å². The zero-order valence-electron chi connectivity index (χ0n) is 12.8. The van der Waals surface area contributed by atoms with Crippen LogP contribution in [0.1, 0.15) is 31.4 Å². The molecule has 0 saturated carbocycles. The molecule has 0 aromatic heterocycles. The number of anilines is 1. The second-order valence-electron chi connectivity index (χ2n) is 4.77. The quantitative estimate of drug-likeness (QED) is 0.439. The molecular formula is C14H19Cl2F3N2O3. The molecule has 0 amide bonds. The molecule has 0 aliphatic rings. The lowest BCUT2D eigenvalue weighted by molar-refractivity contribution is -0.192. The van der Waals surface area contributed by atoms with Gasteiger partial charge >= 0.3 is 12.1 Å². The number of carbonyl (C=O) groups is 1. The lowest BCUT2D eigenvalue weighted by Crippen LogP contribution is -2.22. The van der Waals surface area contributed by atoms with Crippen molar-refractivity contribution in [2.45, 2.75) is 32.0 Å². The number of carboxylic acid groups (broad SMARTS) is 1. The molecule has 0 radical (unpaired) electrons. The van der Waals surface area contributed by atoms with Crippen molar-refractivity contribution in [2.75, 3.05) is 18.8 Å². The van der Waals surface area contributed by atoms with Gasteiger partial charge in [-0.25, -0.2) is 4.79 Å². The summed E-state index contributed by atoms with van der Waals surface area (Å²) < 4.78 is 31.7. The first-order chi connectivity index (χ1) is 11.0. The van der Waals surface area contributed by atoms with Crippen LogP contribution >= 0.6 is 23.2 Å². The number of nitrogen functional groups attached to an aromatic ring is 1. The summed E-state index contributed by atoms with van der Waals surface area (Å²) in [6.45, 7) is 3.50. The summed E-state index contributed by atoms with van der Waals surface area (Å²) in [6.07, 6.45) is -3.49. The molecule has 0 aliphatic carbocycles. The van der Waals surface area contributed by atoms with E-state index in [0.29, 0.717) is 27.8 Å². The van der Waals surface area contributed by atoms with E-state index in [1.54, 1.807) is 12.1 Å². The molecule has 1 atom stereocenters. The number of aliphatic hydroxyl groups is 1. The Kier molecular flexibility index (Phi) is 10.1. The highest BCUT2D eigenvalue weighted by molar-refractivity contribution is 6.38. The number of hydrogen-bond donors (Lipinski definition) is 4. The number of alkyl halides is 3. The molecule has 0 fully saturated rings. The first kappa shape index (κ1) is 22.8. The topological polar surface area (TPSA) is 95.6 Å². The maximum Gasteiger partial charge on any atom is 0.490 e. The number of carboxylic acids is 1. The van der Waals surface area contributed by atoms with E-state index in [-0.39, 0.29) is 0 Å². The Morgan fingerprint density at radius 3 is 2.17 bits per heavy atom. The van der Waals surface area contributed by atoms with Gasteiger partial charge in [0.2, 0.25) is 0 Å². The zero-order valence-corrected chi connectivity index (χ0v) is 14.3. The first-order valence-corrected chi connectivity index (χ1v) is 7.69. The molecule has 1 aromatic rings. The molecule has 24 heavy (non-hydrogen) atoms. The molecule has 138 valence electrons. The van der Waals surface area contributed by atoms with Crippen LogP contribution in [0.2, 0.25) is 10.0 Å². The van der Waals surface area contributed by atoms with E-state index in [1.165, 1.54) is 0 Å². The summed E-state index contributed by atoms with van der Waals surface area (Å²) in [4.78, 5) is 8.90. The van der Waals surface area contributed by atoms with Crippen molar-refractivity contribution in [3.63, 3.8) is 0 Å². The third-order valence-corrected chi connectivity index (χ3v) is 3.40. The van der Waals surface area contributed by atoms with Crippen molar-refractivity contribution in [3.05, 3.63) is 27.7 Å². The minimum Gasteiger partial charge on any atom is -0.475 e. The van der Waals surface area contributed by atoms with Gasteiger partial charge in [-0.3, -0.25) is 0 Å². The average Bonchev–Trinajstić information content (AvgIpc) is 2.48. The Hall–Kier alpha value is -1.22. The Morgan fingerprint density at radius 2 is 1.79 bits per heavy atom. The number of aliphatic carboxylic acids is 1. The van der Waals surface area contributed by atoms with Gasteiger partial charge in [-0.2, -0.15) is 13.2 Å². The molecule has 0 bridgehead atoms. The predicted molar refractivity (Wildman–Crippen MR) is 87.3 cm³/mol. The molecule has 0 aliphatic heterocycles. The summed E-state index contributed by atoms with van der Waals surface area (Å²) >= 11 is 11.8. The van der Waals surface area contributed by atoms with Crippen molar-refractivity contribution in [1.29, 1.82) is 0 Å². The van der Waals surface area contributed by atoms with Gasteiger partial charge in [0.1, 0.15) is 0 Å². The Morgan fingerprint density at radius 1 is 1.33 bits per heavy atom. The van der Waals surface area contributed by atoms with Crippen LogP contribution in [-0.2, 0) is 4.79 Å². The molecule has 1 rings (SSSR count). The van der Waals surface area contributed by atoms with E-state index in [1.807, 2.05) is 0 Å². The SMILES string of the molecule is CCCCNCC(O)c1cc(Cl)c(N)c(Cl)c1.O=C(O)C(F)(F)F. The number of aliphatic hydroxyl groups excluding tert-OH is 1. The second kappa shape index (κ2) is 10.6. The van der Waals surface area contributed by atoms with Gasteiger partial charge in [0.15, 0.2) is 0 Å². The standard InChI is InChI=1S/C12H18Cl2N2O.C2HF3O2/c1-2-3-4-16-7-11(17)8-5-9(13)12(15)10(14)6-8;3-2(4,5)1(6)7/h5-6,11,16-17H,2-4,7,15H2,1H3;(H,6,7). The van der Waals surface area contributed by atoms with Crippen LogP contribution < -0.4 is 11.1 Å². The van der Waals surface area contributed by atoms with Gasteiger partial charge in [0.25, 0.3) is 0 Å². The number of nitrogens with two attached hydrogens (primary N) is 1. The maximum atomic E-state index is 10.6. The summed E-state index contributed by atoms with van der Waals surface area (Å²) in [7, 11) is 0. The number of hydrogen-bond acceptors (Lipinski definition) is 4. The Balaban J connectivity index is 0.000000640. The summed E-state index contributed by atoms with van der Waals surface area (Å²) in [5, 5.41) is 21.0. The molecule has 0 heterocycles. The number of unbranched alkanes of at least 4 members (excludes halogenated alkanes) is 1. The zero-order chi connectivity index (χ0) is 18.9. The lowest BCUT2D eigenvalue weighted by Gasteiger charge is -2.14. The Bertz CT molecular complexity index is 519. The van der Waals surface area contributed by atoms with E-state index in [2.05, 4.69) is 12.2 Å². The van der Waals surface area contributed by atoms with Crippen molar-refractivity contribution in [1.82, 2.24) is 5.32 Å². The number of rotatable bonds is 6. The second-order valence-corrected chi connectivity index (χ2v) is 5.59. The normalized spacial score (nSPS) is 12.3. The molecule has 1 unspecified atom stereocenters. The van der Waals surface area contributed by atoms with Crippen LogP contribution in [0.5, 0.6) is 0 Å². The first-order valence-electron chi connectivity index (χ1n) is 6.94. The summed E-state index contributed by atoms with van der Waals surface area (Å²) in [5.41, 5.74) is 6.66. The largest absolute Gasteiger partial charge is 0.490 e. The van der Waals surface area contributed by atoms with Gasteiger partial charge < -0.3 is 21.3 Å². The highest BCUT2D eigenvalue weighted by Gasteiger charge is 2.38. The van der Waals surface area contributed by atoms with Crippen molar-refractivity contribution >= 4 is 34.9 Å². The van der Waals surface area contributed by atoms with Gasteiger partial charge in [-0.1, -0.05) is 36.5 Å². The number of nitrogens with one attached hydrogen (secondary N) is 1. The fourth-order valence-corrected chi connectivity index (χ4v) is 1.96. The number of halogens is 5. The van der Waals surface area contributed by atoms with Crippen molar-refractivity contribution < 1.29 is 28.2 Å². The van der Waals surface area contributed by atoms with Gasteiger partial charge in [-0.05, 0) is 30.7 Å². The predicted octanol–water partition coefficient (Wildman–Crippen LogP) is 3.63. The summed E-state index contributed by atoms with van der Waals surface area (Å²) in [5.74, 6) is -2.76.